The van der Waals surface area contributed by atoms with Crippen LogP contribution in [0.4, 0.5) is 5.69 Å². The molecule has 0 unspecified atom stereocenters. The fraction of sp³-hybridized carbons (Fsp3) is 0.304. The molecule has 0 radical (unpaired) electrons. The Morgan fingerprint density at radius 3 is 2.25 bits per heavy atom. The zero-order valence-electron chi connectivity index (χ0n) is 17.5. The standard InChI is InChI=1S/C23H22N5O3S/c1-32(30,31)20-12-6-17(7-13-20)23(29)25-27-24-18-8-10-19(11-9-18)28-22(16-4-5-16)14-21(26-28)15-2-3-15/h6-16H,2-5H2,1H3/q+1. The Labute approximate surface area is 185 Å². The van der Waals surface area contributed by atoms with Crippen LogP contribution in [-0.4, -0.2) is 30.4 Å². The van der Waals surface area contributed by atoms with Crippen LogP contribution in [0.3, 0.4) is 0 Å². The van der Waals surface area contributed by atoms with Crippen LogP contribution in [0.2, 0.25) is 0 Å². The normalized spacial score (nSPS) is 15.8. The van der Waals surface area contributed by atoms with Crippen molar-refractivity contribution in [3.05, 3.63) is 71.5 Å². The molecule has 8 nitrogen and oxygen atoms in total. The van der Waals surface area contributed by atoms with Crippen LogP contribution in [0.15, 0.2) is 69.7 Å². The lowest BCUT2D eigenvalue weighted by Crippen LogP contribution is -2.01. The van der Waals surface area contributed by atoms with E-state index in [1.807, 2.05) is 28.9 Å². The highest BCUT2D eigenvalue weighted by atomic mass is 32.2. The van der Waals surface area contributed by atoms with E-state index in [0.29, 0.717) is 17.5 Å². The third kappa shape index (κ3) is 4.44. The van der Waals surface area contributed by atoms with Gasteiger partial charge in [0.05, 0.1) is 16.3 Å². The molecule has 2 aliphatic rings. The average Bonchev–Trinajstić information content (AvgIpc) is 3.72. The number of carbonyl (C=O) groups excluding carboxylic acids is 1. The average molecular weight is 449 g/mol. The van der Waals surface area contributed by atoms with Crippen molar-refractivity contribution in [3.8, 4) is 5.69 Å². The zero-order chi connectivity index (χ0) is 22.3. The molecule has 0 N–H and O–H groups in total. The minimum atomic E-state index is -3.32. The van der Waals surface area contributed by atoms with Crippen molar-refractivity contribution in [2.45, 2.75) is 42.4 Å². The summed E-state index contributed by atoms with van der Waals surface area (Å²) in [5.74, 6) is 0.623. The molecule has 0 bridgehead atoms. The van der Waals surface area contributed by atoms with E-state index in [4.69, 9.17) is 5.10 Å². The van der Waals surface area contributed by atoms with Crippen molar-refractivity contribution in [3.63, 3.8) is 0 Å². The first-order valence-corrected chi connectivity index (χ1v) is 12.4. The van der Waals surface area contributed by atoms with Gasteiger partial charge in [0.1, 0.15) is 0 Å². The van der Waals surface area contributed by atoms with Crippen molar-refractivity contribution in [2.24, 2.45) is 10.2 Å². The van der Waals surface area contributed by atoms with E-state index in [2.05, 4.69) is 21.2 Å². The van der Waals surface area contributed by atoms with E-state index in [-0.39, 0.29) is 10.5 Å². The van der Waals surface area contributed by atoms with Crippen molar-refractivity contribution in [2.75, 3.05) is 6.26 Å². The molecule has 0 atom stereocenters. The minimum Gasteiger partial charge on any atom is -0.259 e. The number of sulfone groups is 1. The predicted octanol–water partition coefficient (Wildman–Crippen LogP) is 4.47. The number of nitrogens with zero attached hydrogens (tertiary/aromatic N) is 5. The summed E-state index contributed by atoms with van der Waals surface area (Å²) in [5, 5.41) is 12.4. The molecular formula is C23H22N5O3S+. The highest BCUT2D eigenvalue weighted by molar-refractivity contribution is 7.90. The van der Waals surface area contributed by atoms with Crippen LogP contribution >= 0.6 is 0 Å². The molecule has 1 aromatic heterocycles. The second kappa shape index (κ2) is 7.93. The van der Waals surface area contributed by atoms with E-state index in [9.17, 15) is 13.2 Å². The lowest BCUT2D eigenvalue weighted by atomic mass is 10.2. The van der Waals surface area contributed by atoms with Gasteiger partial charge in [-0.2, -0.15) is 5.10 Å². The summed E-state index contributed by atoms with van der Waals surface area (Å²) in [7, 11) is -3.32. The number of hydrogen-bond acceptors (Lipinski definition) is 5. The highest BCUT2D eigenvalue weighted by Gasteiger charge is 2.32. The highest BCUT2D eigenvalue weighted by Crippen LogP contribution is 2.45. The lowest BCUT2D eigenvalue weighted by molar-refractivity contribution is 0.0992. The predicted molar refractivity (Wildman–Crippen MR) is 118 cm³/mol. The lowest BCUT2D eigenvalue weighted by Gasteiger charge is -2.05. The van der Waals surface area contributed by atoms with Gasteiger partial charge in [-0.15, -0.1) is 0 Å². The second-order valence-corrected chi connectivity index (χ2v) is 10.4. The monoisotopic (exact) mass is 448 g/mol. The molecule has 2 saturated carbocycles. The number of rotatable bonds is 6. The van der Waals surface area contributed by atoms with Crippen molar-refractivity contribution in [1.29, 1.82) is 0 Å². The van der Waals surface area contributed by atoms with Gasteiger partial charge in [0.25, 0.3) is 0 Å². The Kier molecular flexibility index (Phi) is 5.07. The molecule has 162 valence electrons. The molecule has 5 rings (SSSR count). The van der Waals surface area contributed by atoms with Crippen LogP contribution in [0.1, 0.15) is 59.3 Å². The Morgan fingerprint density at radius 1 is 1.00 bits per heavy atom. The summed E-state index contributed by atoms with van der Waals surface area (Å²) < 4.78 is 25.0. The first-order valence-electron chi connectivity index (χ1n) is 10.5. The fourth-order valence-corrected chi connectivity index (χ4v) is 4.18. The molecule has 3 aromatic rings. The molecule has 0 saturated heterocycles. The van der Waals surface area contributed by atoms with Crippen LogP contribution < -0.4 is 4.91 Å². The number of aromatic nitrogens is 2. The van der Waals surface area contributed by atoms with Crippen LogP contribution in [0.25, 0.3) is 5.69 Å². The quantitative estimate of drug-likeness (QED) is 0.409. The van der Waals surface area contributed by atoms with E-state index >= 15 is 0 Å². The van der Waals surface area contributed by atoms with Gasteiger partial charge in [0.15, 0.2) is 20.6 Å². The third-order valence-electron chi connectivity index (χ3n) is 5.67. The number of amides is 1. The second-order valence-electron chi connectivity index (χ2n) is 8.36. The van der Waals surface area contributed by atoms with Crippen molar-refractivity contribution in [1.82, 2.24) is 14.7 Å². The van der Waals surface area contributed by atoms with Gasteiger partial charge in [-0.25, -0.2) is 13.1 Å². The summed E-state index contributed by atoms with van der Waals surface area (Å²) in [4.78, 5) is 15.9. The summed E-state index contributed by atoms with van der Waals surface area (Å²) in [6, 6.07) is 15.3. The zero-order valence-corrected chi connectivity index (χ0v) is 18.4. The first-order chi connectivity index (χ1) is 15.4. The van der Waals surface area contributed by atoms with E-state index < -0.39 is 15.7 Å². The van der Waals surface area contributed by atoms with Gasteiger partial charge >= 0.3 is 5.91 Å². The Balaban J connectivity index is 1.30. The Bertz CT molecular complexity index is 1340. The molecule has 0 spiro atoms. The van der Waals surface area contributed by atoms with Gasteiger partial charge in [-0.3, -0.25) is 4.79 Å². The maximum atomic E-state index is 12.1. The summed E-state index contributed by atoms with van der Waals surface area (Å²) in [6.45, 7) is 0. The summed E-state index contributed by atoms with van der Waals surface area (Å²) in [5.41, 5.74) is 4.27. The van der Waals surface area contributed by atoms with Crippen LogP contribution in [-0.2, 0) is 9.84 Å². The van der Waals surface area contributed by atoms with Crippen LogP contribution in [0, 0.1) is 0 Å². The minimum absolute atomic E-state index is 0.141. The van der Waals surface area contributed by atoms with E-state index in [1.54, 1.807) is 0 Å². The van der Waals surface area contributed by atoms with Gasteiger partial charge in [-0.1, -0.05) is 0 Å². The molecule has 2 aromatic carbocycles. The van der Waals surface area contributed by atoms with Gasteiger partial charge in [0, 0.05) is 29.3 Å². The topological polar surface area (TPSA) is 108 Å². The molecule has 1 heterocycles. The van der Waals surface area contributed by atoms with Gasteiger partial charge < -0.3 is 0 Å². The maximum absolute atomic E-state index is 12.1. The number of hydrogen-bond donors (Lipinski definition) is 0. The number of benzene rings is 2. The van der Waals surface area contributed by atoms with Crippen molar-refractivity contribution >= 4 is 21.4 Å². The van der Waals surface area contributed by atoms with Crippen LogP contribution in [0.5, 0.6) is 0 Å². The SMILES string of the molecule is CS(=O)(=O)c1ccc(C(=O)N=[N+]=Nc2ccc(-n3nc(C4CC4)cc3C3CC3)cc2)cc1. The number of carbonyl (C=O) groups is 1. The first kappa shape index (κ1) is 20.5. The molecule has 32 heavy (non-hydrogen) atoms. The molecular weight excluding hydrogens is 426 g/mol. The molecule has 0 aliphatic heterocycles. The smallest absolute Gasteiger partial charge is 0.259 e. The van der Waals surface area contributed by atoms with Crippen molar-refractivity contribution < 1.29 is 13.2 Å². The fourth-order valence-electron chi connectivity index (χ4n) is 3.55. The molecule has 9 heteroatoms. The molecule has 2 fully saturated rings. The molecule has 1 amide bonds. The van der Waals surface area contributed by atoms with Gasteiger partial charge in [-0.05, 0) is 80.3 Å². The Hall–Kier alpha value is -3.42. The summed E-state index contributed by atoms with van der Waals surface area (Å²) in [6.07, 6.45) is 6.00. The Morgan fingerprint density at radius 2 is 1.66 bits per heavy atom. The third-order valence-corrected chi connectivity index (χ3v) is 6.79. The summed E-state index contributed by atoms with van der Waals surface area (Å²) >= 11 is 0. The van der Waals surface area contributed by atoms with Gasteiger partial charge in [0.2, 0.25) is 10.0 Å². The van der Waals surface area contributed by atoms with E-state index in [0.717, 1.165) is 11.9 Å². The largest absolute Gasteiger partial charge is 0.360 e. The van der Waals surface area contributed by atoms with E-state index in [1.165, 1.54) is 61.3 Å². The maximum Gasteiger partial charge on any atom is 0.360 e. The molecule has 2 aliphatic carbocycles.